The highest BCUT2D eigenvalue weighted by Crippen LogP contribution is 2.12. The molecule has 0 amide bonds. The fourth-order valence-electron chi connectivity index (χ4n) is 2.85. The summed E-state index contributed by atoms with van der Waals surface area (Å²) in [5, 5.41) is 6.02. The third-order valence-corrected chi connectivity index (χ3v) is 3.96. The van der Waals surface area contributed by atoms with Crippen molar-refractivity contribution in [2.75, 3.05) is 19.6 Å². The summed E-state index contributed by atoms with van der Waals surface area (Å²) in [6.07, 6.45) is 2.52. The van der Waals surface area contributed by atoms with Crippen molar-refractivity contribution >= 4 is 35.6 Å². The molecule has 0 saturated carbocycles. The molecule has 7 heteroatoms. The van der Waals surface area contributed by atoms with Gasteiger partial charge in [-0.2, -0.15) is 5.10 Å². The van der Waals surface area contributed by atoms with E-state index in [0.717, 1.165) is 30.7 Å². The summed E-state index contributed by atoms with van der Waals surface area (Å²) in [5.74, 6) is 0. The van der Waals surface area contributed by atoms with Crippen LogP contribution in [0.15, 0.2) is 29.1 Å². The van der Waals surface area contributed by atoms with Gasteiger partial charge in [0.25, 0.3) is 5.56 Å². The van der Waals surface area contributed by atoms with Crippen molar-refractivity contribution in [1.29, 1.82) is 0 Å². The second-order valence-electron chi connectivity index (χ2n) is 5.27. The quantitative estimate of drug-likeness (QED) is 0.918. The Hall–Kier alpha value is -1.14. The van der Waals surface area contributed by atoms with Gasteiger partial charge in [0.1, 0.15) is 0 Å². The second-order valence-corrected chi connectivity index (χ2v) is 5.27. The molecule has 1 saturated heterocycles. The Labute approximate surface area is 142 Å². The Morgan fingerprint density at radius 3 is 2.32 bits per heavy atom. The Morgan fingerprint density at radius 1 is 1.05 bits per heavy atom. The van der Waals surface area contributed by atoms with Gasteiger partial charge in [-0.25, -0.2) is 4.68 Å². The molecule has 1 aromatic carbocycles. The van der Waals surface area contributed by atoms with Gasteiger partial charge in [-0.15, -0.1) is 24.8 Å². The number of rotatable bonds is 4. The molecule has 0 aliphatic carbocycles. The Balaban J connectivity index is 0.00000121. The summed E-state index contributed by atoms with van der Waals surface area (Å²) < 4.78 is 1.57. The molecule has 122 valence electrons. The zero-order valence-corrected chi connectivity index (χ0v) is 14.0. The lowest BCUT2D eigenvalue weighted by Gasteiger charge is -2.15. The first-order chi connectivity index (χ1) is 9.79. The van der Waals surface area contributed by atoms with Crippen LogP contribution in [0.1, 0.15) is 18.5 Å². The van der Waals surface area contributed by atoms with Crippen molar-refractivity contribution in [3.63, 3.8) is 0 Å². The van der Waals surface area contributed by atoms with Crippen molar-refractivity contribution in [1.82, 2.24) is 14.7 Å². The average Bonchev–Trinajstić information content (AvgIpc) is 3.00. The fraction of sp³-hybridized carbons (Fsp3) is 0.467. The van der Waals surface area contributed by atoms with E-state index in [2.05, 4.69) is 10.00 Å². The predicted octanol–water partition coefficient (Wildman–Crippen LogP) is 1.79. The summed E-state index contributed by atoms with van der Waals surface area (Å²) in [4.78, 5) is 14.8. The lowest BCUT2D eigenvalue weighted by atomic mass is 10.1. The summed E-state index contributed by atoms with van der Waals surface area (Å²) in [5.41, 5.74) is 6.54. The van der Waals surface area contributed by atoms with Gasteiger partial charge in [0, 0.05) is 18.5 Å². The number of hydrogen-bond donors (Lipinski definition) is 1. The molecule has 3 rings (SSSR count). The summed E-state index contributed by atoms with van der Waals surface area (Å²) in [7, 11) is 0. The van der Waals surface area contributed by atoms with Gasteiger partial charge in [-0.3, -0.25) is 4.79 Å². The second kappa shape index (κ2) is 8.48. The standard InChI is InChI=1S/C15H20N4O.2ClH/c16-11-14-12-5-1-2-6-13(12)15(20)19(17-14)10-9-18-7-3-4-8-18;;/h1-2,5-6H,3-4,7-11,16H2;2*1H. The maximum absolute atomic E-state index is 12.4. The molecule has 0 unspecified atom stereocenters. The van der Waals surface area contributed by atoms with Crippen molar-refractivity contribution in [3.8, 4) is 0 Å². The molecule has 0 bridgehead atoms. The molecule has 0 atom stereocenters. The van der Waals surface area contributed by atoms with E-state index in [-0.39, 0.29) is 30.4 Å². The highest BCUT2D eigenvalue weighted by Gasteiger charge is 2.13. The van der Waals surface area contributed by atoms with E-state index in [9.17, 15) is 4.79 Å². The molecular formula is C15H22Cl2N4O. The summed E-state index contributed by atoms with van der Waals surface area (Å²) >= 11 is 0. The van der Waals surface area contributed by atoms with E-state index in [1.54, 1.807) is 4.68 Å². The zero-order chi connectivity index (χ0) is 13.9. The number of benzene rings is 1. The van der Waals surface area contributed by atoms with Gasteiger partial charge in [0.05, 0.1) is 17.6 Å². The van der Waals surface area contributed by atoms with Crippen LogP contribution in [0.3, 0.4) is 0 Å². The van der Waals surface area contributed by atoms with Gasteiger partial charge in [0.2, 0.25) is 0 Å². The predicted molar refractivity (Wildman–Crippen MR) is 94.1 cm³/mol. The average molecular weight is 345 g/mol. The van der Waals surface area contributed by atoms with Crippen LogP contribution < -0.4 is 11.3 Å². The van der Waals surface area contributed by atoms with Crippen LogP contribution in [0.5, 0.6) is 0 Å². The number of fused-ring (bicyclic) bond motifs is 1. The number of nitrogens with two attached hydrogens (primary N) is 1. The Kier molecular flexibility index (Phi) is 7.29. The minimum absolute atomic E-state index is 0. The van der Waals surface area contributed by atoms with E-state index in [0.29, 0.717) is 18.5 Å². The van der Waals surface area contributed by atoms with Gasteiger partial charge in [-0.1, -0.05) is 18.2 Å². The molecule has 5 nitrogen and oxygen atoms in total. The highest BCUT2D eigenvalue weighted by molar-refractivity contribution is 5.85. The maximum Gasteiger partial charge on any atom is 0.274 e. The molecule has 1 aromatic heterocycles. The first-order valence-electron chi connectivity index (χ1n) is 7.21. The topological polar surface area (TPSA) is 64.2 Å². The Bertz CT molecular complexity index is 668. The summed E-state index contributed by atoms with van der Waals surface area (Å²) in [6.45, 7) is 4.13. The van der Waals surface area contributed by atoms with Crippen molar-refractivity contribution in [2.45, 2.75) is 25.9 Å². The molecule has 2 aromatic rings. The van der Waals surface area contributed by atoms with Crippen molar-refractivity contribution in [2.24, 2.45) is 5.73 Å². The van der Waals surface area contributed by atoms with Crippen LogP contribution in [-0.4, -0.2) is 34.3 Å². The monoisotopic (exact) mass is 344 g/mol. The van der Waals surface area contributed by atoms with Crippen molar-refractivity contribution in [3.05, 3.63) is 40.3 Å². The Morgan fingerprint density at radius 2 is 1.68 bits per heavy atom. The smallest absolute Gasteiger partial charge is 0.274 e. The maximum atomic E-state index is 12.4. The SMILES string of the molecule is Cl.Cl.NCc1nn(CCN2CCCC2)c(=O)c2ccccc12. The van der Waals surface area contributed by atoms with Crippen LogP contribution in [0.2, 0.25) is 0 Å². The first-order valence-corrected chi connectivity index (χ1v) is 7.21. The molecule has 1 aliphatic heterocycles. The lowest BCUT2D eigenvalue weighted by Crippen LogP contribution is -2.31. The van der Waals surface area contributed by atoms with Crippen LogP contribution in [-0.2, 0) is 13.1 Å². The lowest BCUT2D eigenvalue weighted by molar-refractivity contribution is 0.312. The molecular weight excluding hydrogens is 323 g/mol. The molecule has 1 fully saturated rings. The molecule has 0 spiro atoms. The van der Waals surface area contributed by atoms with E-state index in [1.807, 2.05) is 24.3 Å². The largest absolute Gasteiger partial charge is 0.325 e. The number of nitrogens with zero attached hydrogens (tertiary/aromatic N) is 3. The fourth-order valence-corrected chi connectivity index (χ4v) is 2.85. The van der Waals surface area contributed by atoms with Crippen LogP contribution in [0, 0.1) is 0 Å². The molecule has 0 radical (unpaired) electrons. The van der Waals surface area contributed by atoms with E-state index in [1.165, 1.54) is 12.8 Å². The molecule has 2 N–H and O–H groups in total. The summed E-state index contributed by atoms with van der Waals surface area (Å²) in [6, 6.07) is 7.56. The van der Waals surface area contributed by atoms with E-state index in [4.69, 9.17) is 5.73 Å². The van der Waals surface area contributed by atoms with Gasteiger partial charge >= 0.3 is 0 Å². The van der Waals surface area contributed by atoms with Crippen molar-refractivity contribution < 1.29 is 0 Å². The van der Waals surface area contributed by atoms with E-state index >= 15 is 0 Å². The normalized spacial score (nSPS) is 14.6. The number of aromatic nitrogens is 2. The van der Waals surface area contributed by atoms with Crippen LogP contribution in [0.25, 0.3) is 10.8 Å². The molecule has 22 heavy (non-hydrogen) atoms. The van der Waals surface area contributed by atoms with Crippen LogP contribution >= 0.6 is 24.8 Å². The van der Waals surface area contributed by atoms with Gasteiger partial charge in [-0.05, 0) is 32.0 Å². The zero-order valence-electron chi connectivity index (χ0n) is 12.4. The number of halogens is 2. The van der Waals surface area contributed by atoms with E-state index < -0.39 is 0 Å². The number of hydrogen-bond acceptors (Lipinski definition) is 4. The third kappa shape index (κ3) is 3.79. The minimum atomic E-state index is -0.0167. The molecule has 2 heterocycles. The highest BCUT2D eigenvalue weighted by atomic mass is 35.5. The molecule has 1 aliphatic rings. The van der Waals surface area contributed by atoms with Gasteiger partial charge < -0.3 is 10.6 Å². The minimum Gasteiger partial charge on any atom is -0.325 e. The third-order valence-electron chi connectivity index (χ3n) is 3.96. The first kappa shape index (κ1) is 18.9. The number of likely N-dealkylation sites (tertiary alicyclic amines) is 1. The van der Waals surface area contributed by atoms with Gasteiger partial charge in [0.15, 0.2) is 0 Å². The van der Waals surface area contributed by atoms with Crippen LogP contribution in [0.4, 0.5) is 0 Å².